The highest BCUT2D eigenvalue weighted by Crippen LogP contribution is 2.37. The summed E-state index contributed by atoms with van der Waals surface area (Å²) in [6, 6.07) is 7.52. The fraction of sp³-hybridized carbons (Fsp3) is 0.250. The topological polar surface area (TPSA) is 104 Å². The Balaban J connectivity index is 1.96. The Morgan fingerprint density at radius 1 is 1.16 bits per heavy atom. The van der Waals surface area contributed by atoms with Crippen LogP contribution >= 0.6 is 0 Å². The summed E-state index contributed by atoms with van der Waals surface area (Å²) < 4.78 is 45.8. The van der Waals surface area contributed by atoms with Crippen LogP contribution in [0, 0.1) is 0 Å². The van der Waals surface area contributed by atoms with Crippen molar-refractivity contribution < 1.29 is 22.7 Å². The van der Waals surface area contributed by atoms with Crippen molar-refractivity contribution in [1.82, 2.24) is 20.5 Å². The smallest absolute Gasteiger partial charge is 0.384 e. The fourth-order valence-corrected chi connectivity index (χ4v) is 2.88. The van der Waals surface area contributed by atoms with Crippen molar-refractivity contribution >= 4 is 28.8 Å². The van der Waals surface area contributed by atoms with Crippen molar-refractivity contribution in [3.63, 3.8) is 0 Å². The first-order valence-electron chi connectivity index (χ1n) is 9.27. The fourth-order valence-electron chi connectivity index (χ4n) is 2.88. The number of methoxy groups -OCH3 is 1. The Morgan fingerprint density at radius 3 is 2.65 bits per heavy atom. The summed E-state index contributed by atoms with van der Waals surface area (Å²) in [5.74, 6) is -0.252. The van der Waals surface area contributed by atoms with E-state index >= 15 is 0 Å². The number of hydrogen-bond acceptors (Lipinski definition) is 6. The first-order chi connectivity index (χ1) is 14.8. The van der Waals surface area contributed by atoms with Crippen LogP contribution in [-0.4, -0.2) is 41.9 Å². The van der Waals surface area contributed by atoms with Crippen LogP contribution in [0.4, 0.5) is 36.1 Å². The molecule has 1 aromatic carbocycles. The molecule has 0 aliphatic heterocycles. The quantitative estimate of drug-likeness (QED) is 0.429. The van der Waals surface area contributed by atoms with Gasteiger partial charge in [-0.05, 0) is 12.1 Å². The lowest BCUT2D eigenvalue weighted by Gasteiger charge is -2.17. The van der Waals surface area contributed by atoms with Gasteiger partial charge in [0, 0.05) is 39.0 Å². The molecule has 11 heteroatoms. The number of H-pyrrole nitrogens is 1. The molecule has 8 nitrogen and oxygen atoms in total. The number of nitrogens with one attached hydrogen (secondary N) is 4. The largest absolute Gasteiger partial charge is 0.419 e. The van der Waals surface area contributed by atoms with Crippen LogP contribution in [0.1, 0.15) is 21.6 Å². The number of alkyl halides is 3. The molecule has 0 saturated heterocycles. The number of carbonyl (C=O) groups is 1. The predicted molar refractivity (Wildman–Crippen MR) is 110 cm³/mol. The highest BCUT2D eigenvalue weighted by Gasteiger charge is 2.34. The van der Waals surface area contributed by atoms with Crippen LogP contribution < -0.4 is 16.0 Å². The zero-order valence-corrected chi connectivity index (χ0v) is 16.8. The number of rotatable bonds is 8. The second-order valence-corrected chi connectivity index (χ2v) is 6.48. The van der Waals surface area contributed by atoms with E-state index in [1.807, 2.05) is 0 Å². The zero-order valence-electron chi connectivity index (χ0n) is 16.8. The number of carbonyl (C=O) groups excluding carboxylic acids is 1. The number of amides is 1. The lowest BCUT2D eigenvalue weighted by atomic mass is 10.1. The molecule has 0 saturated carbocycles. The van der Waals surface area contributed by atoms with Crippen LogP contribution in [0.25, 0.3) is 0 Å². The van der Waals surface area contributed by atoms with E-state index in [4.69, 9.17) is 4.74 Å². The Bertz CT molecular complexity index is 1050. The number of hydrogen-bond donors (Lipinski definition) is 4. The van der Waals surface area contributed by atoms with Gasteiger partial charge >= 0.3 is 6.18 Å². The molecule has 0 fully saturated rings. The number of aromatic amines is 1. The first kappa shape index (κ1) is 22.1. The molecule has 31 heavy (non-hydrogen) atoms. The summed E-state index contributed by atoms with van der Waals surface area (Å²) >= 11 is 0. The highest BCUT2D eigenvalue weighted by molar-refractivity contribution is 6.00. The van der Waals surface area contributed by atoms with Crippen LogP contribution in [0.5, 0.6) is 0 Å². The van der Waals surface area contributed by atoms with Crippen molar-refractivity contribution in [2.75, 3.05) is 31.4 Å². The van der Waals surface area contributed by atoms with E-state index in [1.165, 1.54) is 25.2 Å². The maximum atomic E-state index is 13.6. The minimum Gasteiger partial charge on any atom is -0.384 e. The van der Waals surface area contributed by atoms with E-state index in [2.05, 4.69) is 31.1 Å². The van der Waals surface area contributed by atoms with Gasteiger partial charge in [-0.1, -0.05) is 12.1 Å². The molecule has 0 aliphatic carbocycles. The summed E-state index contributed by atoms with van der Waals surface area (Å²) in [4.78, 5) is 16.0. The van der Waals surface area contributed by atoms with Crippen LogP contribution in [0.3, 0.4) is 0 Å². The minimum atomic E-state index is -4.64. The molecule has 1 amide bonds. The molecule has 3 aromatic rings. The number of aromatic nitrogens is 3. The van der Waals surface area contributed by atoms with E-state index in [0.29, 0.717) is 24.4 Å². The number of benzene rings is 1. The lowest BCUT2D eigenvalue weighted by Crippen LogP contribution is -2.19. The second-order valence-electron chi connectivity index (χ2n) is 6.48. The van der Waals surface area contributed by atoms with Gasteiger partial charge in [0.1, 0.15) is 5.82 Å². The van der Waals surface area contributed by atoms with Crippen molar-refractivity contribution in [2.45, 2.75) is 12.6 Å². The van der Waals surface area contributed by atoms with Crippen molar-refractivity contribution in [3.8, 4) is 0 Å². The molecule has 3 rings (SSSR count). The third-order valence-corrected chi connectivity index (χ3v) is 4.40. The number of anilines is 4. The van der Waals surface area contributed by atoms with E-state index in [-0.39, 0.29) is 22.8 Å². The third-order valence-electron chi connectivity index (χ3n) is 4.40. The van der Waals surface area contributed by atoms with Gasteiger partial charge < -0.3 is 20.7 Å². The summed E-state index contributed by atoms with van der Waals surface area (Å²) in [5.41, 5.74) is 0.457. The number of halogens is 3. The van der Waals surface area contributed by atoms with Gasteiger partial charge in [0.2, 0.25) is 0 Å². The molecule has 2 aromatic heterocycles. The highest BCUT2D eigenvalue weighted by atomic mass is 19.4. The normalized spacial score (nSPS) is 11.3. The summed E-state index contributed by atoms with van der Waals surface area (Å²) in [7, 11) is 3.01. The van der Waals surface area contributed by atoms with Gasteiger partial charge in [0.25, 0.3) is 5.91 Å². The average molecular weight is 434 g/mol. The first-order valence-corrected chi connectivity index (χ1v) is 9.27. The van der Waals surface area contributed by atoms with E-state index in [9.17, 15) is 18.0 Å². The van der Waals surface area contributed by atoms with Crippen molar-refractivity contribution in [2.24, 2.45) is 0 Å². The SMILES string of the molecule is CNC(=O)c1ccccc1Nc1cc(Nc2c[nH]nc2CCOC)ncc1C(F)(F)F. The van der Waals surface area contributed by atoms with Crippen LogP contribution in [-0.2, 0) is 17.3 Å². The molecule has 0 bridgehead atoms. The number of ether oxygens (including phenoxy) is 1. The summed E-state index contributed by atoms with van der Waals surface area (Å²) in [6.45, 7) is 0.434. The molecule has 2 heterocycles. The zero-order chi connectivity index (χ0) is 22.4. The van der Waals surface area contributed by atoms with E-state index in [1.54, 1.807) is 25.4 Å². The van der Waals surface area contributed by atoms with Gasteiger partial charge in [0.05, 0.1) is 40.5 Å². The Kier molecular flexibility index (Phi) is 6.75. The summed E-state index contributed by atoms with van der Waals surface area (Å²) in [5, 5.41) is 15.0. The number of para-hydroxylation sites is 1. The predicted octanol–water partition coefficient (Wildman–Crippen LogP) is 3.86. The molecule has 0 aliphatic rings. The molecule has 0 spiro atoms. The Morgan fingerprint density at radius 2 is 1.94 bits per heavy atom. The second kappa shape index (κ2) is 9.47. The van der Waals surface area contributed by atoms with Gasteiger partial charge in [-0.25, -0.2) is 4.98 Å². The van der Waals surface area contributed by atoms with Crippen LogP contribution in [0.15, 0.2) is 42.7 Å². The molecule has 4 N–H and O–H groups in total. The minimum absolute atomic E-state index is 0.174. The maximum absolute atomic E-state index is 13.6. The molecule has 164 valence electrons. The van der Waals surface area contributed by atoms with Crippen molar-refractivity contribution in [3.05, 3.63) is 59.5 Å². The summed E-state index contributed by atoms with van der Waals surface area (Å²) in [6.07, 6.45) is -1.82. The van der Waals surface area contributed by atoms with Crippen LogP contribution in [0.2, 0.25) is 0 Å². The monoisotopic (exact) mass is 434 g/mol. The molecular weight excluding hydrogens is 413 g/mol. The Hall–Kier alpha value is -3.60. The standard InChI is InChI=1S/C20H21F3N6O2/c1-24-19(30)12-5-3-4-6-14(12)27-16-9-18(25-10-13(16)20(21,22)23)28-17-11-26-29-15(17)7-8-31-2/h3-6,9-11H,7-8H2,1-2H3,(H,24,30)(H,26,29)(H2,25,27,28). The van der Waals surface area contributed by atoms with Crippen molar-refractivity contribution in [1.29, 1.82) is 0 Å². The van der Waals surface area contributed by atoms with Gasteiger partial charge in [0.15, 0.2) is 0 Å². The third kappa shape index (κ3) is 5.31. The number of nitrogens with zero attached hydrogens (tertiary/aromatic N) is 2. The lowest BCUT2D eigenvalue weighted by molar-refractivity contribution is -0.137. The number of pyridine rings is 1. The molecular formula is C20H21F3N6O2. The van der Waals surface area contributed by atoms with Gasteiger partial charge in [-0.3, -0.25) is 9.89 Å². The maximum Gasteiger partial charge on any atom is 0.419 e. The molecule has 0 unspecified atom stereocenters. The van der Waals surface area contributed by atoms with Gasteiger partial charge in [-0.15, -0.1) is 0 Å². The average Bonchev–Trinajstić information content (AvgIpc) is 3.18. The van der Waals surface area contributed by atoms with E-state index in [0.717, 1.165) is 6.20 Å². The van der Waals surface area contributed by atoms with E-state index < -0.39 is 17.6 Å². The van der Waals surface area contributed by atoms with Gasteiger partial charge in [-0.2, -0.15) is 18.3 Å². The molecule has 0 atom stereocenters. The Labute approximate surface area is 176 Å². The molecule has 0 radical (unpaired) electrons.